The number of nitrogens with zero attached hydrogens (tertiary/aromatic N) is 3. The van der Waals surface area contributed by atoms with Gasteiger partial charge in [-0.05, 0) is 19.1 Å². The van der Waals surface area contributed by atoms with Crippen molar-refractivity contribution in [2.24, 2.45) is 7.05 Å². The quantitative estimate of drug-likeness (QED) is 0.892. The molecule has 5 heteroatoms. The lowest BCUT2D eigenvalue weighted by Crippen LogP contribution is -2.04. The van der Waals surface area contributed by atoms with E-state index in [2.05, 4.69) is 9.97 Å². The second-order valence-corrected chi connectivity index (χ2v) is 4.16. The molecule has 18 heavy (non-hydrogen) atoms. The van der Waals surface area contributed by atoms with Gasteiger partial charge in [0.1, 0.15) is 5.82 Å². The van der Waals surface area contributed by atoms with Crippen LogP contribution in [0.3, 0.4) is 0 Å². The van der Waals surface area contributed by atoms with E-state index < -0.39 is 5.97 Å². The van der Waals surface area contributed by atoms with Gasteiger partial charge in [0.2, 0.25) is 0 Å². The molecule has 0 saturated carbocycles. The molecule has 0 aromatic carbocycles. The van der Waals surface area contributed by atoms with Gasteiger partial charge in [-0.15, -0.1) is 0 Å². The van der Waals surface area contributed by atoms with Crippen LogP contribution >= 0.6 is 0 Å². The van der Waals surface area contributed by atoms with E-state index in [9.17, 15) is 4.79 Å². The fraction of sp³-hybridized carbons (Fsp3) is 0.308. The molecule has 1 N–H and O–H groups in total. The largest absolute Gasteiger partial charge is 0.481 e. The van der Waals surface area contributed by atoms with Crippen LogP contribution in [0.4, 0.5) is 0 Å². The van der Waals surface area contributed by atoms with Crippen LogP contribution in [0, 0.1) is 6.92 Å². The Kier molecular flexibility index (Phi) is 3.41. The van der Waals surface area contributed by atoms with E-state index >= 15 is 0 Å². The number of carbonyl (C=O) groups is 1. The number of imidazole rings is 1. The third-order valence-electron chi connectivity index (χ3n) is 2.86. The summed E-state index contributed by atoms with van der Waals surface area (Å²) in [5.74, 6) is -0.0210. The molecule has 0 spiro atoms. The number of carboxylic acids is 1. The third kappa shape index (κ3) is 2.40. The van der Waals surface area contributed by atoms with Crippen LogP contribution in [0.1, 0.15) is 17.9 Å². The Bertz CT molecular complexity index is 561. The van der Waals surface area contributed by atoms with Crippen molar-refractivity contribution in [3.63, 3.8) is 0 Å². The highest BCUT2D eigenvalue weighted by Gasteiger charge is 2.13. The highest BCUT2D eigenvalue weighted by Crippen LogP contribution is 2.23. The zero-order valence-electron chi connectivity index (χ0n) is 10.4. The fourth-order valence-electron chi connectivity index (χ4n) is 2.04. The maximum Gasteiger partial charge on any atom is 0.303 e. The smallest absolute Gasteiger partial charge is 0.303 e. The maximum atomic E-state index is 10.6. The fourth-order valence-corrected chi connectivity index (χ4v) is 2.04. The molecule has 0 saturated heterocycles. The third-order valence-corrected chi connectivity index (χ3v) is 2.86. The minimum Gasteiger partial charge on any atom is -0.481 e. The molecule has 2 heterocycles. The summed E-state index contributed by atoms with van der Waals surface area (Å²) in [7, 11) is 1.90. The van der Waals surface area contributed by atoms with Crippen molar-refractivity contribution in [2.75, 3.05) is 0 Å². The number of rotatable bonds is 4. The molecule has 0 fully saturated rings. The van der Waals surface area contributed by atoms with Crippen LogP contribution in [0.5, 0.6) is 0 Å². The van der Waals surface area contributed by atoms with Gasteiger partial charge >= 0.3 is 5.97 Å². The van der Waals surface area contributed by atoms with Gasteiger partial charge in [-0.1, -0.05) is 0 Å². The Morgan fingerprint density at radius 3 is 2.89 bits per heavy atom. The Labute approximate surface area is 105 Å². The molecular weight excluding hydrogens is 230 g/mol. The molecule has 0 atom stereocenters. The van der Waals surface area contributed by atoms with Gasteiger partial charge in [0.15, 0.2) is 0 Å². The minimum absolute atomic E-state index is 0.0940. The second-order valence-electron chi connectivity index (χ2n) is 4.16. The number of pyridine rings is 1. The van der Waals surface area contributed by atoms with E-state index in [-0.39, 0.29) is 6.42 Å². The van der Waals surface area contributed by atoms with Gasteiger partial charge in [-0.3, -0.25) is 9.78 Å². The predicted molar refractivity (Wildman–Crippen MR) is 67.1 cm³/mol. The summed E-state index contributed by atoms with van der Waals surface area (Å²) < 4.78 is 1.94. The van der Waals surface area contributed by atoms with Crippen molar-refractivity contribution in [3.05, 3.63) is 36.0 Å². The Morgan fingerprint density at radius 1 is 1.50 bits per heavy atom. The first-order valence-electron chi connectivity index (χ1n) is 5.74. The van der Waals surface area contributed by atoms with Crippen molar-refractivity contribution in [1.82, 2.24) is 14.5 Å². The lowest BCUT2D eigenvalue weighted by atomic mass is 10.2. The van der Waals surface area contributed by atoms with Crippen molar-refractivity contribution >= 4 is 5.97 Å². The second kappa shape index (κ2) is 5.00. The van der Waals surface area contributed by atoms with Crippen LogP contribution in [-0.2, 0) is 18.3 Å². The zero-order valence-corrected chi connectivity index (χ0v) is 10.4. The molecule has 0 aliphatic heterocycles. The molecule has 2 rings (SSSR count). The van der Waals surface area contributed by atoms with Gasteiger partial charge in [0, 0.05) is 31.4 Å². The molecular formula is C13H15N3O2. The van der Waals surface area contributed by atoms with E-state index in [0.29, 0.717) is 6.42 Å². The number of carboxylic acid groups (broad SMARTS) is 1. The van der Waals surface area contributed by atoms with Crippen molar-refractivity contribution in [3.8, 4) is 11.3 Å². The zero-order chi connectivity index (χ0) is 13.1. The number of aliphatic carboxylic acids is 1. The summed E-state index contributed by atoms with van der Waals surface area (Å²) >= 11 is 0. The number of aryl methyl sites for hydroxylation is 2. The first-order valence-corrected chi connectivity index (χ1v) is 5.74. The predicted octanol–water partition coefficient (Wildman–Crippen LogP) is 1.81. The van der Waals surface area contributed by atoms with Crippen molar-refractivity contribution in [1.29, 1.82) is 0 Å². The lowest BCUT2D eigenvalue weighted by molar-refractivity contribution is -0.137. The topological polar surface area (TPSA) is 68.0 Å². The normalized spacial score (nSPS) is 10.6. The Hall–Kier alpha value is -2.17. The van der Waals surface area contributed by atoms with E-state index in [1.165, 1.54) is 0 Å². The average molecular weight is 245 g/mol. The Morgan fingerprint density at radius 2 is 2.28 bits per heavy atom. The molecule has 0 aliphatic carbocycles. The summed E-state index contributed by atoms with van der Waals surface area (Å²) in [5, 5.41) is 8.71. The number of hydrogen-bond donors (Lipinski definition) is 1. The monoisotopic (exact) mass is 245 g/mol. The van der Waals surface area contributed by atoms with Gasteiger partial charge in [-0.25, -0.2) is 4.98 Å². The number of hydrogen-bond acceptors (Lipinski definition) is 3. The average Bonchev–Trinajstić information content (AvgIpc) is 2.63. The molecule has 0 amide bonds. The van der Waals surface area contributed by atoms with Crippen LogP contribution in [-0.4, -0.2) is 25.6 Å². The molecule has 5 nitrogen and oxygen atoms in total. The van der Waals surface area contributed by atoms with Crippen LogP contribution in [0.25, 0.3) is 11.3 Å². The summed E-state index contributed by atoms with van der Waals surface area (Å²) in [6.07, 6.45) is 4.04. The molecule has 2 aromatic rings. The molecule has 0 unspecified atom stereocenters. The summed E-state index contributed by atoms with van der Waals surface area (Å²) in [6, 6.07) is 3.84. The van der Waals surface area contributed by atoms with Crippen molar-refractivity contribution < 1.29 is 9.90 Å². The standard InChI is InChI=1S/C13H15N3O2/c1-9-13(10-4-3-7-14-8-10)16(2)11(15-9)5-6-12(17)18/h3-4,7-8H,5-6H2,1-2H3,(H,17,18). The summed E-state index contributed by atoms with van der Waals surface area (Å²) in [5.41, 5.74) is 2.88. The van der Waals surface area contributed by atoms with E-state index in [1.807, 2.05) is 30.7 Å². The molecule has 2 aromatic heterocycles. The van der Waals surface area contributed by atoms with E-state index in [0.717, 1.165) is 22.8 Å². The van der Waals surface area contributed by atoms with Crippen LogP contribution in [0.2, 0.25) is 0 Å². The van der Waals surface area contributed by atoms with Crippen LogP contribution in [0.15, 0.2) is 24.5 Å². The van der Waals surface area contributed by atoms with Crippen LogP contribution < -0.4 is 0 Å². The lowest BCUT2D eigenvalue weighted by Gasteiger charge is -2.05. The van der Waals surface area contributed by atoms with Gasteiger partial charge in [0.05, 0.1) is 17.8 Å². The Balaban J connectivity index is 2.35. The van der Waals surface area contributed by atoms with E-state index in [1.54, 1.807) is 12.4 Å². The van der Waals surface area contributed by atoms with Gasteiger partial charge in [-0.2, -0.15) is 0 Å². The first kappa shape index (κ1) is 12.3. The van der Waals surface area contributed by atoms with Crippen molar-refractivity contribution in [2.45, 2.75) is 19.8 Å². The van der Waals surface area contributed by atoms with Gasteiger partial charge in [0.25, 0.3) is 0 Å². The number of aromatic nitrogens is 3. The highest BCUT2D eigenvalue weighted by atomic mass is 16.4. The molecule has 0 bridgehead atoms. The summed E-state index contributed by atoms with van der Waals surface area (Å²) in [6.45, 7) is 1.92. The maximum absolute atomic E-state index is 10.6. The minimum atomic E-state index is -0.807. The van der Waals surface area contributed by atoms with Gasteiger partial charge < -0.3 is 9.67 Å². The SMILES string of the molecule is Cc1nc(CCC(=O)O)n(C)c1-c1cccnc1. The van der Waals surface area contributed by atoms with E-state index in [4.69, 9.17) is 5.11 Å². The molecule has 0 aliphatic rings. The molecule has 94 valence electrons. The molecule has 0 radical (unpaired) electrons. The first-order chi connectivity index (χ1) is 8.59. The summed E-state index contributed by atoms with van der Waals surface area (Å²) in [4.78, 5) is 19.1. The highest BCUT2D eigenvalue weighted by molar-refractivity contribution is 5.67.